The van der Waals surface area contributed by atoms with E-state index in [4.69, 9.17) is 9.47 Å². The number of benzene rings is 2. The number of rotatable bonds is 6. The largest absolute Gasteiger partial charge is 0.493 e. The fourth-order valence-corrected chi connectivity index (χ4v) is 5.90. The first kappa shape index (κ1) is 24.4. The number of nitrogens with zero attached hydrogens (tertiary/aromatic N) is 1. The van der Waals surface area contributed by atoms with Crippen molar-refractivity contribution in [1.82, 2.24) is 14.9 Å². The zero-order chi connectivity index (χ0) is 23.1. The molecule has 1 aromatic heterocycles. The number of aromatic nitrogens is 2. The number of H-pyrrole nitrogens is 1. The first-order chi connectivity index (χ1) is 16.0. The van der Waals surface area contributed by atoms with E-state index in [9.17, 15) is 9.59 Å². The smallest absolute Gasteiger partial charge is 0.328 e. The second kappa shape index (κ2) is 9.84. The Balaban J connectivity index is 0.00000274. The summed E-state index contributed by atoms with van der Waals surface area (Å²) in [6, 6.07) is 10.2. The quantitative estimate of drug-likeness (QED) is 0.559. The minimum Gasteiger partial charge on any atom is -0.493 e. The van der Waals surface area contributed by atoms with Gasteiger partial charge in [0, 0.05) is 24.6 Å². The average molecular weight is 486 g/mol. The number of ether oxygens (including phenoxy) is 2. The van der Waals surface area contributed by atoms with Crippen LogP contribution in [0.2, 0.25) is 0 Å². The Hall–Kier alpha value is -2.77. The van der Waals surface area contributed by atoms with Gasteiger partial charge < -0.3 is 19.8 Å². The molecule has 5 rings (SSSR count). The topological polar surface area (TPSA) is 85.3 Å². The van der Waals surface area contributed by atoms with E-state index in [2.05, 4.69) is 35.4 Å². The Morgan fingerprint density at radius 1 is 1.12 bits per heavy atom. The summed E-state index contributed by atoms with van der Waals surface area (Å²) in [5.74, 6) is 1.98. The van der Waals surface area contributed by atoms with Gasteiger partial charge in [-0.25, -0.2) is 4.79 Å². The average Bonchev–Trinajstić information content (AvgIpc) is 3.26. The summed E-state index contributed by atoms with van der Waals surface area (Å²) in [5, 5.41) is 4.11. The lowest BCUT2D eigenvalue weighted by atomic mass is 9.72. The monoisotopic (exact) mass is 485 g/mol. The van der Waals surface area contributed by atoms with Crippen LogP contribution in [0.5, 0.6) is 11.5 Å². The number of aryl methyl sites for hydroxylation is 1. The highest BCUT2D eigenvalue weighted by Gasteiger charge is 2.40. The summed E-state index contributed by atoms with van der Waals surface area (Å²) in [6.07, 6.45) is 4.10. The van der Waals surface area contributed by atoms with Crippen LogP contribution < -0.4 is 26.0 Å². The van der Waals surface area contributed by atoms with Crippen LogP contribution in [0.25, 0.3) is 10.9 Å². The first-order valence-electron chi connectivity index (χ1n) is 11.8. The van der Waals surface area contributed by atoms with Gasteiger partial charge >= 0.3 is 5.69 Å². The van der Waals surface area contributed by atoms with Crippen LogP contribution in [0.1, 0.15) is 42.4 Å². The second-order valence-electron chi connectivity index (χ2n) is 9.11. The fraction of sp³-hybridized carbons (Fsp3) is 0.462. The van der Waals surface area contributed by atoms with Crippen molar-refractivity contribution in [1.29, 1.82) is 0 Å². The third kappa shape index (κ3) is 4.01. The summed E-state index contributed by atoms with van der Waals surface area (Å²) < 4.78 is 12.0. The lowest BCUT2D eigenvalue weighted by molar-refractivity contribution is 0.355. The van der Waals surface area contributed by atoms with Crippen LogP contribution in [0.3, 0.4) is 0 Å². The molecule has 8 heteroatoms. The van der Waals surface area contributed by atoms with Gasteiger partial charge in [-0.15, -0.1) is 12.4 Å². The van der Waals surface area contributed by atoms with Crippen LogP contribution in [0, 0.1) is 5.92 Å². The number of methoxy groups -OCH3 is 2. The van der Waals surface area contributed by atoms with Gasteiger partial charge in [0.1, 0.15) is 0 Å². The van der Waals surface area contributed by atoms with Gasteiger partial charge in [0.15, 0.2) is 11.5 Å². The molecular formula is C26H32ClN3O4. The zero-order valence-electron chi connectivity index (χ0n) is 19.8. The standard InChI is InChI=1S/C26H31N3O4.ClH/c1-4-15-6-5-7-18-17(15)9-8-16-14-27-20(24(16)18)10-11-29-25(30)19-12-22(32-2)23(33-3)13-21(19)28-26(29)31;/h5-7,12-13,16,20,24,27H,4,8-11,14H2,1-3H3,(H,28,31);1H/t16-,20?,24+;/m0./s1. The van der Waals surface area contributed by atoms with Gasteiger partial charge in [-0.1, -0.05) is 25.1 Å². The molecule has 2 aromatic carbocycles. The maximum atomic E-state index is 13.2. The lowest BCUT2D eigenvalue weighted by Gasteiger charge is -2.32. The molecule has 1 aliphatic heterocycles. The SMILES string of the molecule is CCc1cccc2c1CC[C@H]1CNC(CCn3c(=O)[nH]c4cc(OC)c(OC)cc4c3=O)[C@@H]21.Cl. The van der Waals surface area contributed by atoms with Crippen molar-refractivity contribution in [2.75, 3.05) is 20.8 Å². The van der Waals surface area contributed by atoms with Crippen LogP contribution in [0.4, 0.5) is 0 Å². The number of nitrogens with one attached hydrogen (secondary N) is 2. The Morgan fingerprint density at radius 2 is 1.88 bits per heavy atom. The molecule has 182 valence electrons. The summed E-state index contributed by atoms with van der Waals surface area (Å²) >= 11 is 0. The number of hydrogen-bond acceptors (Lipinski definition) is 5. The Bertz CT molecular complexity index is 1320. The molecule has 0 saturated carbocycles. The third-order valence-corrected chi connectivity index (χ3v) is 7.55. The predicted molar refractivity (Wildman–Crippen MR) is 136 cm³/mol. The van der Waals surface area contributed by atoms with Crippen molar-refractivity contribution in [3.8, 4) is 11.5 Å². The van der Waals surface area contributed by atoms with Crippen LogP contribution in [-0.4, -0.2) is 36.4 Å². The van der Waals surface area contributed by atoms with E-state index in [1.165, 1.54) is 41.9 Å². The lowest BCUT2D eigenvalue weighted by Crippen LogP contribution is -2.38. The molecular weight excluding hydrogens is 454 g/mol. The Kier molecular flexibility index (Phi) is 7.05. The summed E-state index contributed by atoms with van der Waals surface area (Å²) in [7, 11) is 3.06. The molecule has 2 heterocycles. The zero-order valence-corrected chi connectivity index (χ0v) is 20.7. The number of halogens is 1. The molecule has 7 nitrogen and oxygen atoms in total. The van der Waals surface area contributed by atoms with Gasteiger partial charge in [0.2, 0.25) is 0 Å². The van der Waals surface area contributed by atoms with Crippen LogP contribution in [-0.2, 0) is 19.4 Å². The van der Waals surface area contributed by atoms with Crippen LogP contribution in [0.15, 0.2) is 39.9 Å². The molecule has 0 spiro atoms. The molecule has 0 bridgehead atoms. The van der Waals surface area contributed by atoms with Crippen molar-refractivity contribution in [2.45, 2.75) is 51.1 Å². The molecule has 3 aromatic rings. The van der Waals surface area contributed by atoms with E-state index in [0.29, 0.717) is 40.8 Å². The molecule has 2 aliphatic rings. The van der Waals surface area contributed by atoms with E-state index in [1.54, 1.807) is 12.1 Å². The number of fused-ring (bicyclic) bond motifs is 4. The Morgan fingerprint density at radius 3 is 2.62 bits per heavy atom. The number of hydrogen-bond donors (Lipinski definition) is 2. The van der Waals surface area contributed by atoms with Crippen LogP contribution >= 0.6 is 12.4 Å². The third-order valence-electron chi connectivity index (χ3n) is 7.55. The molecule has 2 N–H and O–H groups in total. The van der Waals surface area contributed by atoms with Crippen molar-refractivity contribution < 1.29 is 9.47 Å². The molecule has 0 radical (unpaired) electrons. The highest BCUT2D eigenvalue weighted by atomic mass is 35.5. The molecule has 3 atom stereocenters. The first-order valence-corrected chi connectivity index (χ1v) is 11.8. The van der Waals surface area contributed by atoms with E-state index in [-0.39, 0.29) is 24.0 Å². The molecule has 1 aliphatic carbocycles. The fourth-order valence-electron chi connectivity index (χ4n) is 5.90. The maximum Gasteiger partial charge on any atom is 0.328 e. The van der Waals surface area contributed by atoms with E-state index >= 15 is 0 Å². The molecule has 1 saturated heterocycles. The van der Waals surface area contributed by atoms with E-state index < -0.39 is 5.69 Å². The normalized spacial score (nSPS) is 21.0. The van der Waals surface area contributed by atoms with E-state index in [0.717, 1.165) is 25.8 Å². The van der Waals surface area contributed by atoms with Gasteiger partial charge in [0.25, 0.3) is 5.56 Å². The van der Waals surface area contributed by atoms with Gasteiger partial charge in [-0.05, 0) is 60.9 Å². The second-order valence-corrected chi connectivity index (χ2v) is 9.11. The van der Waals surface area contributed by atoms with E-state index in [1.807, 2.05) is 0 Å². The van der Waals surface area contributed by atoms with Crippen molar-refractivity contribution >= 4 is 23.3 Å². The van der Waals surface area contributed by atoms with Crippen molar-refractivity contribution in [3.63, 3.8) is 0 Å². The maximum absolute atomic E-state index is 13.2. The molecule has 34 heavy (non-hydrogen) atoms. The van der Waals surface area contributed by atoms with Gasteiger partial charge in [-0.2, -0.15) is 0 Å². The summed E-state index contributed by atoms with van der Waals surface area (Å²) in [4.78, 5) is 28.8. The van der Waals surface area contributed by atoms with Crippen molar-refractivity contribution in [2.24, 2.45) is 5.92 Å². The Labute approximate surface area is 204 Å². The predicted octanol–water partition coefficient (Wildman–Crippen LogP) is 3.40. The minimum atomic E-state index is -0.397. The summed E-state index contributed by atoms with van der Waals surface area (Å²) in [6.45, 7) is 3.57. The summed E-state index contributed by atoms with van der Waals surface area (Å²) in [5.41, 5.74) is 4.16. The highest BCUT2D eigenvalue weighted by Crippen LogP contribution is 2.43. The molecule has 1 unspecified atom stereocenters. The minimum absolute atomic E-state index is 0. The molecule has 0 amide bonds. The van der Waals surface area contributed by atoms with Gasteiger partial charge in [0.05, 0.1) is 25.1 Å². The van der Waals surface area contributed by atoms with Gasteiger partial charge in [-0.3, -0.25) is 9.36 Å². The highest BCUT2D eigenvalue weighted by molar-refractivity contribution is 5.85. The number of aromatic amines is 1. The molecule has 1 fully saturated rings. The van der Waals surface area contributed by atoms with Crippen molar-refractivity contribution in [3.05, 3.63) is 67.9 Å².